The molecule has 2 aromatic rings. The van der Waals surface area contributed by atoms with Crippen LogP contribution >= 0.6 is 15.9 Å². The lowest BCUT2D eigenvalue weighted by atomic mass is 10.2. The summed E-state index contributed by atoms with van der Waals surface area (Å²) >= 11 is 3.36. The van der Waals surface area contributed by atoms with Gasteiger partial charge in [0.2, 0.25) is 0 Å². The zero-order valence-electron chi connectivity index (χ0n) is 14.3. The van der Waals surface area contributed by atoms with Crippen molar-refractivity contribution in [3.8, 4) is 5.75 Å². The number of ether oxygens (including phenoxy) is 1. The van der Waals surface area contributed by atoms with Gasteiger partial charge in [0.25, 0.3) is 0 Å². The molecule has 1 fully saturated rings. The normalized spacial score (nSPS) is 20.3. The van der Waals surface area contributed by atoms with Gasteiger partial charge in [-0.25, -0.2) is 8.42 Å². The van der Waals surface area contributed by atoms with Crippen LogP contribution in [0.1, 0.15) is 12.2 Å². The van der Waals surface area contributed by atoms with Gasteiger partial charge in [-0.1, -0.05) is 15.9 Å². The monoisotopic (exact) mass is 443 g/mol. The Morgan fingerprint density at radius 1 is 1.31 bits per heavy atom. The number of halogens is 1. The van der Waals surface area contributed by atoms with E-state index in [9.17, 15) is 13.5 Å². The van der Waals surface area contributed by atoms with Crippen molar-refractivity contribution in [2.45, 2.75) is 25.1 Å². The zero-order chi connectivity index (χ0) is 18.6. The van der Waals surface area contributed by atoms with Crippen LogP contribution in [0.4, 0.5) is 0 Å². The molecule has 3 rings (SSSR count). The minimum Gasteiger partial charge on any atom is -0.491 e. The smallest absolute Gasteiger partial charge is 0.151 e. The van der Waals surface area contributed by atoms with Crippen LogP contribution in [0.15, 0.2) is 51.6 Å². The van der Waals surface area contributed by atoms with Crippen molar-refractivity contribution in [2.24, 2.45) is 0 Å². The molecular weight excluding hydrogens is 422 g/mol. The number of nitrogens with zero attached hydrogens (tertiary/aromatic N) is 1. The fourth-order valence-electron chi connectivity index (χ4n) is 3.06. The third-order valence-electron chi connectivity index (χ3n) is 4.37. The van der Waals surface area contributed by atoms with E-state index < -0.39 is 15.9 Å². The molecule has 0 aliphatic carbocycles. The molecule has 0 spiro atoms. The highest BCUT2D eigenvalue weighted by Gasteiger charge is 2.33. The van der Waals surface area contributed by atoms with E-state index in [-0.39, 0.29) is 24.2 Å². The second kappa shape index (κ2) is 8.56. The van der Waals surface area contributed by atoms with Gasteiger partial charge >= 0.3 is 0 Å². The minimum absolute atomic E-state index is 0.118. The lowest BCUT2D eigenvalue weighted by molar-refractivity contribution is 0.0497. The molecule has 1 N–H and O–H groups in total. The van der Waals surface area contributed by atoms with Crippen LogP contribution in [0.5, 0.6) is 5.75 Å². The molecule has 6 nitrogen and oxygen atoms in total. The summed E-state index contributed by atoms with van der Waals surface area (Å²) < 4.78 is 35.6. The van der Waals surface area contributed by atoms with E-state index in [2.05, 4.69) is 15.9 Å². The van der Waals surface area contributed by atoms with Crippen molar-refractivity contribution in [1.82, 2.24) is 4.90 Å². The summed E-state index contributed by atoms with van der Waals surface area (Å²) in [5.74, 6) is 1.73. The summed E-state index contributed by atoms with van der Waals surface area (Å²) in [6, 6.07) is 10.9. The summed E-state index contributed by atoms with van der Waals surface area (Å²) in [6.45, 7) is 0.912. The third-order valence-corrected chi connectivity index (χ3v) is 6.64. The van der Waals surface area contributed by atoms with Gasteiger partial charge in [0.15, 0.2) is 9.84 Å². The van der Waals surface area contributed by atoms with Gasteiger partial charge in [-0.3, -0.25) is 4.90 Å². The minimum atomic E-state index is -3.00. The quantitative estimate of drug-likeness (QED) is 0.674. The second-order valence-corrected chi connectivity index (χ2v) is 9.63. The molecule has 1 aromatic heterocycles. The standard InChI is InChI=1S/C18H22BrNO5S/c19-14-3-5-17(6-4-14)25-12-16(21)10-20(11-18-2-1-8-24-18)15-7-9-26(22,23)13-15/h1-6,8,15-16,21H,7,9-13H2. The molecule has 1 aliphatic rings. The Kier molecular flexibility index (Phi) is 6.39. The van der Waals surface area contributed by atoms with Crippen molar-refractivity contribution < 1.29 is 22.7 Å². The van der Waals surface area contributed by atoms with E-state index in [1.807, 2.05) is 35.2 Å². The van der Waals surface area contributed by atoms with Crippen molar-refractivity contribution in [1.29, 1.82) is 0 Å². The predicted octanol–water partition coefficient (Wildman–Crippen LogP) is 2.47. The highest BCUT2D eigenvalue weighted by Crippen LogP contribution is 2.21. The van der Waals surface area contributed by atoms with Crippen LogP contribution in [-0.4, -0.2) is 55.2 Å². The number of benzene rings is 1. The first-order valence-electron chi connectivity index (χ1n) is 8.44. The summed E-state index contributed by atoms with van der Waals surface area (Å²) in [7, 11) is -3.00. The third kappa shape index (κ3) is 5.57. The van der Waals surface area contributed by atoms with Gasteiger partial charge in [-0.05, 0) is 42.8 Å². The summed E-state index contributed by atoms with van der Waals surface area (Å²) in [6.07, 6.45) is 1.42. The van der Waals surface area contributed by atoms with Crippen LogP contribution < -0.4 is 4.74 Å². The molecule has 1 aromatic carbocycles. The van der Waals surface area contributed by atoms with Crippen molar-refractivity contribution in [3.63, 3.8) is 0 Å². The molecule has 2 heterocycles. The number of rotatable bonds is 8. The first-order chi connectivity index (χ1) is 12.4. The second-order valence-electron chi connectivity index (χ2n) is 6.48. The number of aliphatic hydroxyl groups is 1. The number of aliphatic hydroxyl groups excluding tert-OH is 1. The molecule has 2 unspecified atom stereocenters. The van der Waals surface area contributed by atoms with Crippen LogP contribution in [-0.2, 0) is 16.4 Å². The molecule has 0 amide bonds. The van der Waals surface area contributed by atoms with Crippen LogP contribution in [0.3, 0.4) is 0 Å². The zero-order valence-corrected chi connectivity index (χ0v) is 16.7. The van der Waals surface area contributed by atoms with Crippen LogP contribution in [0, 0.1) is 0 Å². The average Bonchev–Trinajstić information content (AvgIpc) is 3.23. The van der Waals surface area contributed by atoms with E-state index >= 15 is 0 Å². The Bertz CT molecular complexity index is 791. The van der Waals surface area contributed by atoms with Crippen LogP contribution in [0.25, 0.3) is 0 Å². The van der Waals surface area contributed by atoms with E-state index in [1.54, 1.807) is 12.3 Å². The molecule has 0 bridgehead atoms. The molecule has 1 saturated heterocycles. The molecule has 26 heavy (non-hydrogen) atoms. The number of furan rings is 1. The Hall–Kier alpha value is -1.35. The summed E-state index contributed by atoms with van der Waals surface area (Å²) in [5.41, 5.74) is 0. The van der Waals surface area contributed by atoms with Gasteiger partial charge < -0.3 is 14.3 Å². The van der Waals surface area contributed by atoms with Gasteiger partial charge in [0.1, 0.15) is 24.2 Å². The lowest BCUT2D eigenvalue weighted by Crippen LogP contribution is -2.42. The number of hydrogen-bond donors (Lipinski definition) is 1. The average molecular weight is 444 g/mol. The first-order valence-corrected chi connectivity index (χ1v) is 11.1. The lowest BCUT2D eigenvalue weighted by Gasteiger charge is -2.29. The molecule has 1 aliphatic heterocycles. The van der Waals surface area contributed by atoms with E-state index in [1.165, 1.54) is 0 Å². The van der Waals surface area contributed by atoms with Crippen molar-refractivity contribution in [2.75, 3.05) is 24.7 Å². The van der Waals surface area contributed by atoms with E-state index in [4.69, 9.17) is 9.15 Å². The van der Waals surface area contributed by atoms with Gasteiger partial charge in [0, 0.05) is 17.1 Å². The summed E-state index contributed by atoms with van der Waals surface area (Å²) in [5, 5.41) is 10.4. The Morgan fingerprint density at radius 2 is 2.08 bits per heavy atom. The topological polar surface area (TPSA) is 80.0 Å². The van der Waals surface area contributed by atoms with Gasteiger partial charge in [0.05, 0.1) is 24.3 Å². The highest BCUT2D eigenvalue weighted by atomic mass is 79.9. The fourth-order valence-corrected chi connectivity index (χ4v) is 5.08. The van der Waals surface area contributed by atoms with E-state index in [0.717, 1.165) is 10.2 Å². The van der Waals surface area contributed by atoms with Crippen molar-refractivity contribution >= 4 is 25.8 Å². The highest BCUT2D eigenvalue weighted by molar-refractivity contribution is 9.10. The predicted molar refractivity (Wildman–Crippen MR) is 102 cm³/mol. The van der Waals surface area contributed by atoms with Crippen LogP contribution in [0.2, 0.25) is 0 Å². The first kappa shape index (κ1) is 19.4. The Balaban J connectivity index is 1.59. The maximum Gasteiger partial charge on any atom is 0.151 e. The molecule has 0 radical (unpaired) electrons. The maximum absolute atomic E-state index is 11.8. The molecule has 8 heteroatoms. The fraction of sp³-hybridized carbons (Fsp3) is 0.444. The number of sulfone groups is 1. The largest absolute Gasteiger partial charge is 0.491 e. The van der Waals surface area contributed by atoms with Gasteiger partial charge in [-0.15, -0.1) is 0 Å². The molecule has 0 saturated carbocycles. The molecular formula is C18H22BrNO5S. The van der Waals surface area contributed by atoms with E-state index in [0.29, 0.717) is 25.3 Å². The molecule has 2 atom stereocenters. The number of hydrogen-bond acceptors (Lipinski definition) is 6. The summed E-state index contributed by atoms with van der Waals surface area (Å²) in [4.78, 5) is 1.97. The Morgan fingerprint density at radius 3 is 2.69 bits per heavy atom. The van der Waals surface area contributed by atoms with Crippen molar-refractivity contribution in [3.05, 3.63) is 52.9 Å². The molecule has 142 valence electrons. The van der Waals surface area contributed by atoms with Gasteiger partial charge in [-0.2, -0.15) is 0 Å². The Labute approximate surface area is 161 Å². The maximum atomic E-state index is 11.8. The SMILES string of the molecule is O=S1(=O)CCC(N(Cc2ccco2)CC(O)COc2ccc(Br)cc2)C1.